The van der Waals surface area contributed by atoms with Crippen LogP contribution in [0.3, 0.4) is 0 Å². The fourth-order valence-corrected chi connectivity index (χ4v) is 1.93. The zero-order valence-corrected chi connectivity index (χ0v) is 11.4. The summed E-state index contributed by atoms with van der Waals surface area (Å²) >= 11 is 6.09. The van der Waals surface area contributed by atoms with Crippen LogP contribution in [0.15, 0.2) is 29.1 Å². The minimum atomic E-state index is -0.214. The van der Waals surface area contributed by atoms with E-state index in [1.54, 1.807) is 17.7 Å². The first-order chi connectivity index (χ1) is 9.02. The highest BCUT2D eigenvalue weighted by Gasteiger charge is 2.08. The fourth-order valence-electron chi connectivity index (χ4n) is 1.76. The van der Waals surface area contributed by atoms with Gasteiger partial charge in [0.15, 0.2) is 0 Å². The third-order valence-electron chi connectivity index (χ3n) is 2.83. The number of nitrogens with zero attached hydrogens (tertiary/aromatic N) is 3. The lowest BCUT2D eigenvalue weighted by molar-refractivity contribution is 0.767. The van der Waals surface area contributed by atoms with Crippen molar-refractivity contribution in [2.24, 2.45) is 0 Å². The van der Waals surface area contributed by atoms with Crippen molar-refractivity contribution in [2.75, 3.05) is 0 Å². The second-order valence-corrected chi connectivity index (χ2v) is 4.68. The van der Waals surface area contributed by atoms with Crippen molar-refractivity contribution in [1.29, 1.82) is 5.26 Å². The zero-order chi connectivity index (χ0) is 14.0. The van der Waals surface area contributed by atoms with Crippen LogP contribution < -0.4 is 5.43 Å². The number of hydrogen-bond acceptors (Lipinski definition) is 3. The average molecular weight is 274 g/mol. The van der Waals surface area contributed by atoms with Crippen molar-refractivity contribution in [3.63, 3.8) is 0 Å². The van der Waals surface area contributed by atoms with E-state index in [9.17, 15) is 4.79 Å². The maximum absolute atomic E-state index is 11.7. The molecule has 0 aliphatic heterocycles. The van der Waals surface area contributed by atoms with Crippen molar-refractivity contribution in [3.05, 3.63) is 56.5 Å². The van der Waals surface area contributed by atoms with Gasteiger partial charge in [0.2, 0.25) is 5.43 Å². The number of benzene rings is 1. The Balaban J connectivity index is 2.61. The minimum Gasteiger partial charge on any atom is -0.288 e. The molecule has 1 aromatic carbocycles. The van der Waals surface area contributed by atoms with Gasteiger partial charge in [0.25, 0.3) is 0 Å². The Morgan fingerprint density at radius 2 is 2.11 bits per heavy atom. The quantitative estimate of drug-likeness (QED) is 0.845. The molecule has 0 saturated carbocycles. The summed E-state index contributed by atoms with van der Waals surface area (Å²) in [7, 11) is 0. The maximum atomic E-state index is 11.7. The summed E-state index contributed by atoms with van der Waals surface area (Å²) in [5.74, 6) is 0. The first kappa shape index (κ1) is 13.3. The van der Waals surface area contributed by atoms with E-state index in [0.717, 1.165) is 11.3 Å². The third kappa shape index (κ3) is 2.67. The molecule has 0 spiro atoms. The second kappa shape index (κ2) is 5.25. The molecule has 0 aliphatic carbocycles. The Kier molecular flexibility index (Phi) is 3.68. The zero-order valence-electron chi connectivity index (χ0n) is 10.6. The predicted molar refractivity (Wildman–Crippen MR) is 73.6 cm³/mol. The van der Waals surface area contributed by atoms with Crippen LogP contribution >= 0.6 is 11.6 Å². The van der Waals surface area contributed by atoms with Crippen LogP contribution in [0.5, 0.6) is 0 Å². The summed E-state index contributed by atoms with van der Waals surface area (Å²) in [5.41, 5.74) is 2.47. The monoisotopic (exact) mass is 273 g/mol. The molecule has 0 atom stereocenters. The molecule has 5 heteroatoms. The summed E-state index contributed by atoms with van der Waals surface area (Å²) in [4.78, 5) is 11.7. The summed E-state index contributed by atoms with van der Waals surface area (Å²) in [6.07, 6.45) is -0.00128. The molecule has 2 rings (SSSR count). The summed E-state index contributed by atoms with van der Waals surface area (Å²) < 4.78 is 1.62. The average Bonchev–Trinajstić information content (AvgIpc) is 2.36. The minimum absolute atomic E-state index is 0.00128. The Morgan fingerprint density at radius 1 is 1.37 bits per heavy atom. The fraction of sp³-hybridized carbons (Fsp3) is 0.214. The van der Waals surface area contributed by atoms with Gasteiger partial charge in [-0.25, -0.2) is 4.68 Å². The molecule has 0 radical (unpaired) electrons. The number of nitriles is 1. The number of aryl methyl sites for hydroxylation is 2. The van der Waals surface area contributed by atoms with Crippen LogP contribution in [0.2, 0.25) is 5.02 Å². The van der Waals surface area contributed by atoms with E-state index >= 15 is 0 Å². The molecule has 4 nitrogen and oxygen atoms in total. The van der Waals surface area contributed by atoms with Gasteiger partial charge in [-0.2, -0.15) is 10.4 Å². The van der Waals surface area contributed by atoms with Crippen molar-refractivity contribution >= 4 is 11.6 Å². The standard InChI is InChI=1S/C14H12ClN3O/c1-9-3-4-11(8-12(9)15)18-10(2)7-14(19)13(17-18)5-6-16/h3-4,7-8H,5H2,1-2H3. The molecule has 0 saturated heterocycles. The van der Waals surface area contributed by atoms with E-state index in [-0.39, 0.29) is 17.5 Å². The molecule has 2 aromatic rings. The lowest BCUT2D eigenvalue weighted by Crippen LogP contribution is -2.18. The van der Waals surface area contributed by atoms with Crippen molar-refractivity contribution in [1.82, 2.24) is 9.78 Å². The smallest absolute Gasteiger partial charge is 0.204 e. The van der Waals surface area contributed by atoms with Gasteiger partial charge in [-0.15, -0.1) is 0 Å². The molecule has 0 N–H and O–H groups in total. The van der Waals surface area contributed by atoms with E-state index in [4.69, 9.17) is 16.9 Å². The Hall–Kier alpha value is -2.12. The molecular formula is C14H12ClN3O. The van der Waals surface area contributed by atoms with Gasteiger partial charge < -0.3 is 0 Å². The van der Waals surface area contributed by atoms with Gasteiger partial charge in [0.05, 0.1) is 18.2 Å². The molecule has 19 heavy (non-hydrogen) atoms. The molecule has 1 heterocycles. The summed E-state index contributed by atoms with van der Waals surface area (Å²) in [5, 5.41) is 13.6. The van der Waals surface area contributed by atoms with Gasteiger partial charge >= 0.3 is 0 Å². The van der Waals surface area contributed by atoms with Crippen molar-refractivity contribution in [3.8, 4) is 11.8 Å². The van der Waals surface area contributed by atoms with E-state index < -0.39 is 0 Å². The molecule has 0 aliphatic rings. The number of hydrogen-bond donors (Lipinski definition) is 0. The van der Waals surface area contributed by atoms with Gasteiger partial charge in [0, 0.05) is 16.8 Å². The topological polar surface area (TPSA) is 58.7 Å². The van der Waals surface area contributed by atoms with Crippen LogP contribution in [-0.4, -0.2) is 9.78 Å². The van der Waals surface area contributed by atoms with Gasteiger partial charge in [0.1, 0.15) is 5.69 Å². The normalized spacial score (nSPS) is 10.2. The molecule has 1 aromatic heterocycles. The van der Waals surface area contributed by atoms with Gasteiger partial charge in [-0.1, -0.05) is 17.7 Å². The van der Waals surface area contributed by atoms with Crippen LogP contribution in [0.4, 0.5) is 0 Å². The lowest BCUT2D eigenvalue weighted by atomic mass is 10.2. The highest BCUT2D eigenvalue weighted by molar-refractivity contribution is 6.31. The van der Waals surface area contributed by atoms with E-state index in [1.807, 2.05) is 25.1 Å². The third-order valence-corrected chi connectivity index (χ3v) is 3.23. The molecule has 0 fully saturated rings. The summed E-state index contributed by atoms with van der Waals surface area (Å²) in [6.45, 7) is 3.71. The highest BCUT2D eigenvalue weighted by atomic mass is 35.5. The second-order valence-electron chi connectivity index (χ2n) is 4.28. The molecule has 0 unspecified atom stereocenters. The van der Waals surface area contributed by atoms with E-state index in [1.165, 1.54) is 6.07 Å². The van der Waals surface area contributed by atoms with Crippen molar-refractivity contribution < 1.29 is 0 Å². The van der Waals surface area contributed by atoms with Crippen LogP contribution in [-0.2, 0) is 6.42 Å². The van der Waals surface area contributed by atoms with Crippen molar-refractivity contribution in [2.45, 2.75) is 20.3 Å². The molecule has 0 bridgehead atoms. The maximum Gasteiger partial charge on any atom is 0.204 e. The van der Waals surface area contributed by atoms with E-state index in [2.05, 4.69) is 5.10 Å². The van der Waals surface area contributed by atoms with Crippen LogP contribution in [0.25, 0.3) is 5.69 Å². The van der Waals surface area contributed by atoms with Crippen LogP contribution in [0.1, 0.15) is 17.0 Å². The molecule has 0 amide bonds. The summed E-state index contributed by atoms with van der Waals surface area (Å²) in [6, 6.07) is 8.98. The SMILES string of the molecule is Cc1ccc(-n2nc(CC#N)c(=O)cc2C)cc1Cl. The van der Waals surface area contributed by atoms with Gasteiger partial charge in [-0.3, -0.25) is 4.79 Å². The Labute approximate surface area is 115 Å². The highest BCUT2D eigenvalue weighted by Crippen LogP contribution is 2.19. The predicted octanol–water partition coefficient (Wildman–Crippen LogP) is 2.57. The Bertz CT molecular complexity index is 728. The number of halogens is 1. The van der Waals surface area contributed by atoms with Gasteiger partial charge in [-0.05, 0) is 31.5 Å². The largest absolute Gasteiger partial charge is 0.288 e. The number of aromatic nitrogens is 2. The molecule has 96 valence electrons. The Morgan fingerprint density at radius 3 is 2.74 bits per heavy atom. The number of rotatable bonds is 2. The molecular weight excluding hydrogens is 262 g/mol. The van der Waals surface area contributed by atoms with Crippen LogP contribution in [0, 0.1) is 25.2 Å². The first-order valence-electron chi connectivity index (χ1n) is 5.76. The van der Waals surface area contributed by atoms with E-state index in [0.29, 0.717) is 10.7 Å². The lowest BCUT2D eigenvalue weighted by Gasteiger charge is -2.11. The first-order valence-corrected chi connectivity index (χ1v) is 6.14.